The van der Waals surface area contributed by atoms with Crippen LogP contribution < -0.4 is 5.32 Å². The first-order valence-electron chi connectivity index (χ1n) is 10.5. The number of amides is 2. The van der Waals surface area contributed by atoms with Crippen molar-refractivity contribution in [3.63, 3.8) is 0 Å². The van der Waals surface area contributed by atoms with Crippen molar-refractivity contribution in [1.29, 1.82) is 0 Å². The molecule has 28 heavy (non-hydrogen) atoms. The molecule has 1 aromatic carbocycles. The van der Waals surface area contributed by atoms with Gasteiger partial charge >= 0.3 is 0 Å². The van der Waals surface area contributed by atoms with Crippen LogP contribution in [0.5, 0.6) is 0 Å². The second-order valence-corrected chi connectivity index (χ2v) is 8.68. The van der Waals surface area contributed by atoms with Crippen molar-refractivity contribution in [2.24, 2.45) is 0 Å². The van der Waals surface area contributed by atoms with Crippen LogP contribution in [0, 0.1) is 0 Å². The fourth-order valence-corrected chi connectivity index (χ4v) is 5.33. The highest BCUT2D eigenvalue weighted by atomic mass is 16.5. The number of benzene rings is 1. The maximum atomic E-state index is 13.7. The molecule has 2 atom stereocenters. The lowest BCUT2D eigenvalue weighted by Gasteiger charge is -2.43. The quantitative estimate of drug-likeness (QED) is 0.865. The van der Waals surface area contributed by atoms with Crippen molar-refractivity contribution in [2.45, 2.75) is 57.0 Å². The molecule has 6 nitrogen and oxygen atoms in total. The van der Waals surface area contributed by atoms with Crippen molar-refractivity contribution in [1.82, 2.24) is 9.80 Å². The smallest absolute Gasteiger partial charge is 0.242 e. The van der Waals surface area contributed by atoms with E-state index in [4.69, 9.17) is 4.74 Å². The average molecular weight is 386 g/mol. The Kier molecular flexibility index (Phi) is 4.96. The summed E-state index contributed by atoms with van der Waals surface area (Å²) in [5.41, 5.74) is 0.729. The van der Waals surface area contributed by atoms with Gasteiger partial charge in [0, 0.05) is 25.3 Å². The number of fused-ring (bicyclic) bond motifs is 2. The predicted octanol–water partition coefficient (Wildman–Crippen LogP) is 2.39. The molecule has 0 radical (unpaired) electrons. The Labute approximate surface area is 167 Å². The van der Waals surface area contributed by atoms with E-state index in [1.54, 1.807) is 0 Å². The molecule has 3 aliphatic rings. The first-order chi connectivity index (χ1) is 13.4. The van der Waals surface area contributed by atoms with E-state index >= 15 is 0 Å². The summed E-state index contributed by atoms with van der Waals surface area (Å²) in [6.45, 7) is 9.62. The highest BCUT2D eigenvalue weighted by Crippen LogP contribution is 2.49. The molecule has 1 spiro atoms. The van der Waals surface area contributed by atoms with Gasteiger partial charge in [-0.25, -0.2) is 0 Å². The van der Waals surface area contributed by atoms with Crippen molar-refractivity contribution >= 4 is 17.5 Å². The predicted molar refractivity (Wildman–Crippen MR) is 108 cm³/mol. The second-order valence-electron chi connectivity index (χ2n) is 8.68. The molecule has 0 saturated carbocycles. The Bertz CT molecular complexity index is 772. The number of carbonyl (C=O) groups is 2. The maximum absolute atomic E-state index is 13.7. The molecule has 2 amide bonds. The van der Waals surface area contributed by atoms with Crippen LogP contribution in [0.15, 0.2) is 24.3 Å². The number of carbonyl (C=O) groups excluding carboxylic acids is 2. The van der Waals surface area contributed by atoms with Gasteiger partial charge in [0.05, 0.1) is 30.2 Å². The largest absolute Gasteiger partial charge is 0.379 e. The van der Waals surface area contributed by atoms with Gasteiger partial charge in [0.15, 0.2) is 0 Å². The summed E-state index contributed by atoms with van der Waals surface area (Å²) in [7, 11) is 0. The van der Waals surface area contributed by atoms with Gasteiger partial charge in [-0.2, -0.15) is 0 Å². The fourth-order valence-electron chi connectivity index (χ4n) is 5.33. The Morgan fingerprint density at radius 3 is 2.68 bits per heavy atom. The van der Waals surface area contributed by atoms with Gasteiger partial charge in [-0.3, -0.25) is 14.5 Å². The third kappa shape index (κ3) is 2.77. The maximum Gasteiger partial charge on any atom is 0.242 e. The van der Waals surface area contributed by atoms with E-state index in [1.165, 1.54) is 0 Å². The zero-order chi connectivity index (χ0) is 19.9. The van der Waals surface area contributed by atoms with E-state index in [-0.39, 0.29) is 17.9 Å². The number of nitrogens with zero attached hydrogens (tertiary/aromatic N) is 2. The summed E-state index contributed by atoms with van der Waals surface area (Å²) in [5.74, 6) is 0.175. The molecule has 2 fully saturated rings. The number of nitrogens with one attached hydrogen (secondary N) is 1. The highest BCUT2D eigenvalue weighted by Gasteiger charge is 2.59. The van der Waals surface area contributed by atoms with E-state index in [2.05, 4.69) is 23.2 Å². The second kappa shape index (κ2) is 7.16. The van der Waals surface area contributed by atoms with Crippen LogP contribution >= 0.6 is 0 Å². The minimum atomic E-state index is -0.622. The fraction of sp³-hybridized carbons (Fsp3) is 0.636. The summed E-state index contributed by atoms with van der Waals surface area (Å²) in [4.78, 5) is 31.1. The molecule has 0 unspecified atom stereocenters. The van der Waals surface area contributed by atoms with Gasteiger partial charge in [0.2, 0.25) is 11.8 Å². The normalized spacial score (nSPS) is 27.9. The molecule has 1 N–H and O–H groups in total. The number of morpholine rings is 1. The molecule has 2 saturated heterocycles. The first-order valence-corrected chi connectivity index (χ1v) is 10.5. The van der Waals surface area contributed by atoms with E-state index in [0.29, 0.717) is 26.2 Å². The molecule has 0 aromatic heterocycles. The third-order valence-electron chi connectivity index (χ3n) is 6.90. The first kappa shape index (κ1) is 19.4. The van der Waals surface area contributed by atoms with Crippen LogP contribution in [0.4, 0.5) is 5.69 Å². The summed E-state index contributed by atoms with van der Waals surface area (Å²) in [6.07, 6.45) is 2.45. The van der Waals surface area contributed by atoms with Crippen LogP contribution in [0.1, 0.15) is 45.6 Å². The molecule has 6 heteroatoms. The molecule has 0 bridgehead atoms. The third-order valence-corrected chi connectivity index (χ3v) is 6.90. The van der Waals surface area contributed by atoms with Crippen LogP contribution in [0.3, 0.4) is 0 Å². The molecular formula is C22H31N3O3. The molecule has 3 aliphatic heterocycles. The number of likely N-dealkylation sites (tertiary alicyclic amines) is 1. The molecule has 1 aromatic rings. The zero-order valence-corrected chi connectivity index (χ0v) is 17.2. The van der Waals surface area contributed by atoms with Gasteiger partial charge in [0.1, 0.15) is 0 Å². The topological polar surface area (TPSA) is 61.9 Å². The van der Waals surface area contributed by atoms with E-state index in [1.807, 2.05) is 36.9 Å². The van der Waals surface area contributed by atoms with E-state index in [9.17, 15) is 9.59 Å². The molecular weight excluding hydrogens is 354 g/mol. The molecule has 152 valence electrons. The minimum Gasteiger partial charge on any atom is -0.379 e. The number of hydrogen-bond donors (Lipinski definition) is 1. The SMILES string of the molecule is CCC[C@@H]1N(C(=O)C(C)(C)N2CCOCC2)CC[C@]12C(=O)Nc1ccccc12. The van der Waals surface area contributed by atoms with Gasteiger partial charge in [-0.1, -0.05) is 31.5 Å². The van der Waals surface area contributed by atoms with Crippen LogP contribution in [-0.4, -0.2) is 66.0 Å². The number of hydrogen-bond acceptors (Lipinski definition) is 4. The van der Waals surface area contributed by atoms with Crippen molar-refractivity contribution < 1.29 is 14.3 Å². The highest BCUT2D eigenvalue weighted by molar-refractivity contribution is 6.07. The zero-order valence-electron chi connectivity index (χ0n) is 17.2. The molecule has 0 aliphatic carbocycles. The minimum absolute atomic E-state index is 0.0478. The lowest BCUT2D eigenvalue weighted by atomic mass is 9.73. The Hall–Kier alpha value is -1.92. The summed E-state index contributed by atoms with van der Waals surface area (Å²) < 4.78 is 5.47. The lowest BCUT2D eigenvalue weighted by Crippen LogP contribution is -2.61. The monoisotopic (exact) mass is 385 g/mol. The van der Waals surface area contributed by atoms with Crippen molar-refractivity contribution in [3.8, 4) is 0 Å². The average Bonchev–Trinajstić information content (AvgIpc) is 3.22. The summed E-state index contributed by atoms with van der Waals surface area (Å²) in [6, 6.07) is 7.86. The molecule has 4 rings (SSSR count). The van der Waals surface area contributed by atoms with Crippen LogP contribution in [0.2, 0.25) is 0 Å². The van der Waals surface area contributed by atoms with Crippen molar-refractivity contribution in [2.75, 3.05) is 38.2 Å². The van der Waals surface area contributed by atoms with Gasteiger partial charge in [-0.05, 0) is 38.3 Å². The van der Waals surface area contributed by atoms with Crippen LogP contribution in [-0.2, 0) is 19.7 Å². The van der Waals surface area contributed by atoms with E-state index in [0.717, 1.165) is 37.2 Å². The Morgan fingerprint density at radius 2 is 1.96 bits per heavy atom. The Balaban J connectivity index is 1.68. The number of rotatable bonds is 4. The van der Waals surface area contributed by atoms with Crippen molar-refractivity contribution in [3.05, 3.63) is 29.8 Å². The lowest BCUT2D eigenvalue weighted by molar-refractivity contribution is -0.147. The number of para-hydroxylation sites is 1. The summed E-state index contributed by atoms with van der Waals surface area (Å²) in [5, 5.41) is 3.08. The standard InChI is InChI=1S/C22H31N3O3/c1-4-7-18-22(16-8-5-6-9-17(16)23-19(22)26)10-11-25(18)20(27)21(2,3)24-12-14-28-15-13-24/h5-6,8-9,18H,4,7,10-15H2,1-3H3,(H,23,26)/t18-,22+/m0/s1. The van der Waals surface area contributed by atoms with Gasteiger partial charge in [-0.15, -0.1) is 0 Å². The van der Waals surface area contributed by atoms with Gasteiger partial charge < -0.3 is 15.0 Å². The number of ether oxygens (including phenoxy) is 1. The molecule has 3 heterocycles. The summed E-state index contributed by atoms with van der Waals surface area (Å²) >= 11 is 0. The Morgan fingerprint density at radius 1 is 1.25 bits per heavy atom. The number of anilines is 1. The van der Waals surface area contributed by atoms with Gasteiger partial charge in [0.25, 0.3) is 0 Å². The van der Waals surface area contributed by atoms with E-state index < -0.39 is 11.0 Å². The van der Waals surface area contributed by atoms with Crippen LogP contribution in [0.25, 0.3) is 0 Å².